The number of pyridine rings is 1. The molecule has 53 heavy (non-hydrogen) atoms. The van der Waals surface area contributed by atoms with Gasteiger partial charge in [-0.15, -0.1) is 0 Å². The zero-order valence-corrected chi connectivity index (χ0v) is 31.9. The first-order chi connectivity index (χ1) is 25.7. The molecule has 0 N–H and O–H groups in total. The maximum atomic E-state index is 13.1. The molecular weight excluding hydrogens is 705 g/mol. The van der Waals surface area contributed by atoms with Gasteiger partial charge in [0.1, 0.15) is 18.1 Å². The first kappa shape index (κ1) is 37.9. The fraction of sp³-hybridized carbons (Fsp3) is 0.273. The summed E-state index contributed by atoms with van der Waals surface area (Å²) >= 11 is 12.9. The number of nitrogens with zero attached hydrogens (tertiary/aromatic N) is 3. The molecule has 0 aliphatic carbocycles. The number of carbonyl (C=O) groups excluding carboxylic acids is 1. The van der Waals surface area contributed by atoms with Crippen molar-refractivity contribution in [1.29, 1.82) is 0 Å². The van der Waals surface area contributed by atoms with Crippen LogP contribution in [-0.4, -0.2) is 53.5 Å². The Bertz CT molecular complexity index is 1970. The minimum absolute atomic E-state index is 0.0118. The molecule has 1 aliphatic heterocycles. The predicted molar refractivity (Wildman–Crippen MR) is 213 cm³/mol. The van der Waals surface area contributed by atoms with Gasteiger partial charge in [0.2, 0.25) is 11.8 Å². The number of ether oxygens (including phenoxy) is 3. The maximum Gasteiger partial charge on any atom is 0.246 e. The van der Waals surface area contributed by atoms with Crippen LogP contribution in [-0.2, 0) is 24.4 Å². The zero-order valence-electron chi connectivity index (χ0n) is 30.4. The van der Waals surface area contributed by atoms with Gasteiger partial charge >= 0.3 is 0 Å². The number of amides is 1. The number of halogens is 2. The highest BCUT2D eigenvalue weighted by Gasteiger charge is 2.20. The number of piperazine rings is 1. The molecule has 1 aliphatic rings. The van der Waals surface area contributed by atoms with E-state index in [1.165, 1.54) is 16.7 Å². The second-order valence-corrected chi connectivity index (χ2v) is 14.4. The number of carbonyl (C=O) groups is 1. The van der Waals surface area contributed by atoms with E-state index in [9.17, 15) is 4.79 Å². The van der Waals surface area contributed by atoms with Gasteiger partial charge < -0.3 is 19.1 Å². The minimum atomic E-state index is -0.0118. The zero-order chi connectivity index (χ0) is 37.2. The lowest BCUT2D eigenvalue weighted by molar-refractivity contribution is -0.127. The molecule has 1 amide bonds. The first-order valence-electron chi connectivity index (χ1n) is 18.0. The van der Waals surface area contributed by atoms with Crippen molar-refractivity contribution in [2.24, 2.45) is 0 Å². The second-order valence-electron chi connectivity index (χ2n) is 13.5. The topological polar surface area (TPSA) is 64.1 Å². The molecule has 1 fully saturated rings. The third-order valence-corrected chi connectivity index (χ3v) is 9.91. The maximum absolute atomic E-state index is 13.1. The molecule has 0 unspecified atom stereocenters. The summed E-state index contributed by atoms with van der Waals surface area (Å²) in [6, 6.07) is 31.9. The normalized spacial score (nSPS) is 13.4. The summed E-state index contributed by atoms with van der Waals surface area (Å²) in [4.78, 5) is 21.7. The Balaban J connectivity index is 0.925. The third kappa shape index (κ3) is 10.9. The van der Waals surface area contributed by atoms with Crippen molar-refractivity contribution in [2.75, 3.05) is 32.8 Å². The van der Waals surface area contributed by atoms with Crippen molar-refractivity contribution >= 4 is 35.2 Å². The second kappa shape index (κ2) is 18.3. The summed E-state index contributed by atoms with van der Waals surface area (Å²) in [5.74, 6) is 2.91. The number of benzene rings is 4. The van der Waals surface area contributed by atoms with Crippen LogP contribution >= 0.6 is 23.2 Å². The molecule has 274 valence electrons. The van der Waals surface area contributed by atoms with E-state index in [2.05, 4.69) is 72.3 Å². The Labute approximate surface area is 322 Å². The number of hydrogen-bond acceptors (Lipinski definition) is 6. The van der Waals surface area contributed by atoms with E-state index < -0.39 is 0 Å². The van der Waals surface area contributed by atoms with Crippen molar-refractivity contribution in [3.63, 3.8) is 0 Å². The first-order valence-corrected chi connectivity index (χ1v) is 18.8. The van der Waals surface area contributed by atoms with E-state index in [-0.39, 0.29) is 5.91 Å². The van der Waals surface area contributed by atoms with E-state index in [0.29, 0.717) is 59.6 Å². The van der Waals surface area contributed by atoms with Crippen molar-refractivity contribution in [2.45, 2.75) is 46.3 Å². The van der Waals surface area contributed by atoms with Crippen LogP contribution in [0, 0.1) is 6.92 Å². The molecule has 2 heterocycles. The SMILES string of the molecule is Cc1cc(/C=C/C(=O)N2CCN(Cc3ccc(CCOc4ccc(C(C)C)cc4)cc3)CC2)cc(Cl)c1Oc1ccc(OCc2ccccc2Cl)cn1. The summed E-state index contributed by atoms with van der Waals surface area (Å²) in [7, 11) is 0. The molecule has 7 nitrogen and oxygen atoms in total. The Hall–Kier alpha value is -4.82. The van der Waals surface area contributed by atoms with Crippen LogP contribution in [0.15, 0.2) is 109 Å². The van der Waals surface area contributed by atoms with Gasteiger partial charge in [0.25, 0.3) is 0 Å². The summed E-state index contributed by atoms with van der Waals surface area (Å²) in [6.45, 7) is 11.2. The standard InChI is InChI=1S/C44H45Cl2N3O4/c1-31(2)36-13-15-38(16-14-36)51-25-20-33-8-10-34(11-9-33)29-48-21-23-49(24-22-48)43(50)19-12-35-26-32(3)44(41(46)27-35)53-42-18-17-39(28-47-42)52-30-37-6-4-5-7-40(37)45/h4-19,26-28,31H,20-25,29-30H2,1-3H3/b19-12+. The molecule has 0 saturated carbocycles. The van der Waals surface area contributed by atoms with Crippen molar-refractivity contribution in [1.82, 2.24) is 14.8 Å². The number of hydrogen-bond donors (Lipinski definition) is 0. The van der Waals surface area contributed by atoms with Gasteiger partial charge in [0, 0.05) is 61.9 Å². The highest BCUT2D eigenvalue weighted by Crippen LogP contribution is 2.34. The molecular formula is C44H45Cl2N3O4. The van der Waals surface area contributed by atoms with Crippen LogP contribution < -0.4 is 14.2 Å². The number of rotatable bonds is 14. The summed E-state index contributed by atoms with van der Waals surface area (Å²) in [5.41, 5.74) is 6.38. The van der Waals surface area contributed by atoms with Gasteiger partial charge in [-0.1, -0.05) is 91.6 Å². The van der Waals surface area contributed by atoms with Crippen LogP contribution in [0.4, 0.5) is 0 Å². The monoisotopic (exact) mass is 749 g/mol. The number of aromatic nitrogens is 1. The average molecular weight is 751 g/mol. The Kier molecular flexibility index (Phi) is 13.1. The molecule has 9 heteroatoms. The molecule has 0 spiro atoms. The summed E-state index contributed by atoms with van der Waals surface area (Å²) in [6.07, 6.45) is 5.88. The van der Waals surface area contributed by atoms with E-state index in [0.717, 1.165) is 48.5 Å². The van der Waals surface area contributed by atoms with E-state index in [1.807, 2.05) is 42.2 Å². The molecule has 5 aromatic rings. The van der Waals surface area contributed by atoms with Gasteiger partial charge in [-0.2, -0.15) is 0 Å². The lowest BCUT2D eigenvalue weighted by Gasteiger charge is -2.34. The predicted octanol–water partition coefficient (Wildman–Crippen LogP) is 10.2. The van der Waals surface area contributed by atoms with Crippen molar-refractivity contribution in [3.8, 4) is 23.1 Å². The van der Waals surface area contributed by atoms with Crippen LogP contribution in [0.3, 0.4) is 0 Å². The van der Waals surface area contributed by atoms with Gasteiger partial charge in [-0.05, 0) is 83.1 Å². The molecule has 0 bridgehead atoms. The molecule has 1 aromatic heterocycles. The molecule has 0 radical (unpaired) electrons. The van der Waals surface area contributed by atoms with Gasteiger partial charge in [-0.25, -0.2) is 4.98 Å². The summed E-state index contributed by atoms with van der Waals surface area (Å²) in [5, 5.41) is 1.09. The van der Waals surface area contributed by atoms with Gasteiger partial charge in [-0.3, -0.25) is 9.69 Å². The van der Waals surface area contributed by atoms with E-state index in [4.69, 9.17) is 37.4 Å². The largest absolute Gasteiger partial charge is 0.493 e. The van der Waals surface area contributed by atoms with Crippen LogP contribution in [0.5, 0.6) is 23.1 Å². The van der Waals surface area contributed by atoms with Gasteiger partial charge in [0.15, 0.2) is 5.75 Å². The fourth-order valence-corrected chi connectivity index (χ4v) is 6.58. The van der Waals surface area contributed by atoms with Gasteiger partial charge in [0.05, 0.1) is 17.8 Å². The number of aryl methyl sites for hydroxylation is 1. The third-order valence-electron chi connectivity index (χ3n) is 9.26. The quantitative estimate of drug-likeness (QED) is 0.105. The van der Waals surface area contributed by atoms with Crippen LogP contribution in [0.2, 0.25) is 10.0 Å². The van der Waals surface area contributed by atoms with Crippen molar-refractivity contribution in [3.05, 3.63) is 153 Å². The van der Waals surface area contributed by atoms with Crippen LogP contribution in [0.1, 0.15) is 53.1 Å². The van der Waals surface area contributed by atoms with E-state index in [1.54, 1.807) is 36.5 Å². The lowest BCUT2D eigenvalue weighted by Crippen LogP contribution is -2.47. The lowest BCUT2D eigenvalue weighted by atomic mass is 10.0. The van der Waals surface area contributed by atoms with Crippen molar-refractivity contribution < 1.29 is 19.0 Å². The highest BCUT2D eigenvalue weighted by molar-refractivity contribution is 6.32. The Morgan fingerprint density at radius 3 is 2.23 bits per heavy atom. The highest BCUT2D eigenvalue weighted by atomic mass is 35.5. The van der Waals surface area contributed by atoms with E-state index >= 15 is 0 Å². The Morgan fingerprint density at radius 1 is 0.830 bits per heavy atom. The molecule has 6 rings (SSSR count). The van der Waals surface area contributed by atoms with Crippen LogP contribution in [0.25, 0.3) is 6.08 Å². The minimum Gasteiger partial charge on any atom is -0.493 e. The molecule has 1 saturated heterocycles. The molecule has 4 aromatic carbocycles. The molecule has 0 atom stereocenters. The average Bonchev–Trinajstić information content (AvgIpc) is 3.16. The smallest absolute Gasteiger partial charge is 0.246 e. The Morgan fingerprint density at radius 2 is 1.55 bits per heavy atom. The fourth-order valence-electron chi connectivity index (χ4n) is 6.08. The summed E-state index contributed by atoms with van der Waals surface area (Å²) < 4.78 is 17.8.